The van der Waals surface area contributed by atoms with Gasteiger partial charge in [-0.25, -0.2) is 0 Å². The molecule has 0 unspecified atom stereocenters. The molecule has 8 aromatic rings. The number of phenolic OH excluding ortho intramolecular Hbond substituents is 3. The largest absolute Gasteiger partial charge is 0.506 e. The molecule has 1 saturated carbocycles. The van der Waals surface area contributed by atoms with E-state index in [-0.39, 0.29) is 58.6 Å². The molecule has 8 aromatic carbocycles. The highest BCUT2D eigenvalue weighted by molar-refractivity contribution is 6.32. The minimum Gasteiger partial charge on any atom is -0.506 e. The number of anilines is 2. The minimum atomic E-state index is -0.0971. The first-order chi connectivity index (χ1) is 46.5. The zero-order valence-electron chi connectivity index (χ0n) is 55.3. The summed E-state index contributed by atoms with van der Waals surface area (Å²) in [6.45, 7) is 6.30. The molecule has 16 heteroatoms. The summed E-state index contributed by atoms with van der Waals surface area (Å²) in [7, 11) is 8.68. The number of amides is 3. The van der Waals surface area contributed by atoms with E-state index in [0.29, 0.717) is 38.8 Å². The van der Waals surface area contributed by atoms with E-state index in [2.05, 4.69) is 88.8 Å². The van der Waals surface area contributed by atoms with Crippen LogP contribution in [0.4, 0.5) is 11.4 Å². The maximum absolute atomic E-state index is 13.5. The lowest BCUT2D eigenvalue weighted by molar-refractivity contribution is -0.119. The Morgan fingerprint density at radius 3 is 1.50 bits per heavy atom. The molecule has 5 N–H and O–H groups in total. The molecule has 16 rings (SSSR count). The average molecular weight is 1350 g/mol. The Morgan fingerprint density at radius 2 is 0.917 bits per heavy atom. The molecule has 4 heterocycles. The van der Waals surface area contributed by atoms with Crippen LogP contribution >= 0.6 is 34.8 Å². The Balaban J connectivity index is 0.000000124. The van der Waals surface area contributed by atoms with Crippen LogP contribution in [-0.2, 0) is 43.3 Å². The smallest absolute Gasteiger partial charge is 0.256 e. The predicted molar refractivity (Wildman–Crippen MR) is 385 cm³/mol. The highest BCUT2D eigenvalue weighted by Crippen LogP contribution is 2.49. The molecule has 13 nitrogen and oxygen atoms in total. The van der Waals surface area contributed by atoms with Crippen molar-refractivity contribution in [1.29, 1.82) is 0 Å². The Hall–Kier alpha value is -7.46. The van der Waals surface area contributed by atoms with Gasteiger partial charge in [-0.1, -0.05) is 114 Å². The van der Waals surface area contributed by atoms with E-state index < -0.39 is 0 Å². The fourth-order valence-corrected chi connectivity index (χ4v) is 18.0. The molecule has 4 aliphatic heterocycles. The zero-order chi connectivity index (χ0) is 66.6. The number of phenols is 3. The standard InChI is InChI=1S/C30H27ClN2O2.C25H30ClN3O2.C25H29ClN2O2/c1-33-15-14-19-16-25(31)28(34)17-24(19)29-22-9-5-11-26(21(22)12-13-27(29)33)32-30(35)23-10-4-7-18-6-2-3-8-20(18)23;1-27-10-12-29(13-11-27)25(31)19-5-3-4-18-17(19)6-7-22-24(18)20-15-23(30)21(26)14-16(20)8-9-28(22)2;1-28-11-10-17-13-21(26)23(29)14-20(17)24-19-8-7-18(12-16(19)6-9-22(24)28)27-25(30)15-4-2-3-5-15/h2-11,16-17,27,29,34H,12-15H2,1H3,(H,32,35);3-5,14-15,22,24,30H,6-13H2,1-2H3;7-8,12-15,22,24,29H,2-6,9-11H2,1H3,(H,27,30)/t27-,29+;2*22-,24+/m000/s1. The second kappa shape index (κ2) is 27.8. The maximum Gasteiger partial charge on any atom is 0.256 e. The van der Waals surface area contributed by atoms with Crippen molar-refractivity contribution < 1.29 is 29.7 Å². The van der Waals surface area contributed by atoms with Gasteiger partial charge < -0.3 is 50.5 Å². The SMILES string of the molecule is CN1CCN(C(=O)c2cccc3c2CC[C@H]2[C@H]3c3cc(O)c(Cl)cc3CCN2C)CC1.CN1CCc2cc(Cl)c(O)cc2[C@H]2c3ccc(NC(=O)C4CCCC4)cc3CC[C@@H]21.CN1CCc2cc(Cl)c(O)cc2[C@H]2c3cccc(NC(=O)c4cccc5ccccc45)c3CC[C@@H]21. The zero-order valence-corrected chi connectivity index (χ0v) is 57.6. The van der Waals surface area contributed by atoms with Gasteiger partial charge in [0.25, 0.3) is 11.8 Å². The van der Waals surface area contributed by atoms with Crippen molar-refractivity contribution in [2.24, 2.45) is 5.92 Å². The van der Waals surface area contributed by atoms with Gasteiger partial charge in [0.1, 0.15) is 17.2 Å². The van der Waals surface area contributed by atoms with Crippen molar-refractivity contribution in [3.8, 4) is 17.2 Å². The summed E-state index contributed by atoms with van der Waals surface area (Å²) < 4.78 is 0. The average Bonchev–Trinajstić information content (AvgIpc) is 1.31. The first-order valence-corrected chi connectivity index (χ1v) is 35.7. The summed E-state index contributed by atoms with van der Waals surface area (Å²) in [4.78, 5) is 51.0. The quantitative estimate of drug-likeness (QED) is 0.113. The Labute approximate surface area is 579 Å². The first kappa shape index (κ1) is 65.8. The molecule has 0 radical (unpaired) electrons. The summed E-state index contributed by atoms with van der Waals surface area (Å²) in [5.74, 6) is 1.27. The van der Waals surface area contributed by atoms with Gasteiger partial charge in [0.15, 0.2) is 0 Å². The molecule has 3 amide bonds. The van der Waals surface area contributed by atoms with E-state index in [1.54, 1.807) is 0 Å². The molecule has 0 aromatic heterocycles. The van der Waals surface area contributed by atoms with E-state index in [4.69, 9.17) is 34.8 Å². The van der Waals surface area contributed by atoms with Crippen LogP contribution in [0.2, 0.25) is 15.1 Å². The molecule has 0 spiro atoms. The summed E-state index contributed by atoms with van der Waals surface area (Å²) in [5.41, 5.74) is 17.8. The third-order valence-corrected chi connectivity index (χ3v) is 23.6. The molecule has 96 heavy (non-hydrogen) atoms. The summed E-state index contributed by atoms with van der Waals surface area (Å²) in [6.07, 6.45) is 12.9. The number of aryl methyl sites for hydroxylation is 1. The van der Waals surface area contributed by atoms with Crippen LogP contribution in [0.1, 0.15) is 150 Å². The van der Waals surface area contributed by atoms with Crippen molar-refractivity contribution in [3.05, 3.63) is 226 Å². The van der Waals surface area contributed by atoms with Gasteiger partial charge in [-0.2, -0.15) is 0 Å². The van der Waals surface area contributed by atoms with Crippen molar-refractivity contribution in [2.75, 3.05) is 84.6 Å². The molecule has 6 atom stereocenters. The predicted octanol–water partition coefficient (Wildman–Crippen LogP) is 14.9. The number of hydrogen-bond donors (Lipinski definition) is 5. The highest BCUT2D eigenvalue weighted by Gasteiger charge is 2.42. The van der Waals surface area contributed by atoms with Crippen LogP contribution < -0.4 is 10.6 Å². The van der Waals surface area contributed by atoms with Gasteiger partial charge in [0.2, 0.25) is 5.91 Å². The number of halogens is 3. The number of likely N-dealkylation sites (N-methyl/N-ethyl adjacent to an activating group) is 4. The number of hydrogen-bond acceptors (Lipinski definition) is 10. The lowest BCUT2D eigenvalue weighted by atomic mass is 9.73. The van der Waals surface area contributed by atoms with Crippen LogP contribution in [0.5, 0.6) is 17.2 Å². The first-order valence-electron chi connectivity index (χ1n) is 34.5. The molecule has 1 saturated heterocycles. The number of nitrogens with one attached hydrogen (secondary N) is 2. The van der Waals surface area contributed by atoms with Crippen molar-refractivity contribution >= 4 is 74.7 Å². The molecule has 4 aliphatic carbocycles. The van der Waals surface area contributed by atoms with Crippen LogP contribution in [0, 0.1) is 5.92 Å². The number of nitrogens with zero attached hydrogens (tertiary/aromatic N) is 5. The monoisotopic (exact) mass is 1350 g/mol. The van der Waals surface area contributed by atoms with E-state index >= 15 is 0 Å². The van der Waals surface area contributed by atoms with E-state index in [0.717, 1.165) is 168 Å². The molecule has 498 valence electrons. The number of rotatable bonds is 5. The maximum atomic E-state index is 13.5. The highest BCUT2D eigenvalue weighted by atomic mass is 35.5. The lowest BCUT2D eigenvalue weighted by Gasteiger charge is -2.39. The van der Waals surface area contributed by atoms with E-state index in [1.165, 1.54) is 55.6 Å². The number of carbonyl (C=O) groups excluding carboxylic acids is 3. The second-order valence-electron chi connectivity index (χ2n) is 28.2. The van der Waals surface area contributed by atoms with Crippen LogP contribution in [-0.4, -0.2) is 150 Å². The van der Waals surface area contributed by atoms with Crippen molar-refractivity contribution in [1.82, 2.24) is 24.5 Å². The fourth-order valence-electron chi connectivity index (χ4n) is 17.4. The molecular weight excluding hydrogens is 1260 g/mol. The number of carbonyl (C=O) groups is 3. The molecule has 0 bridgehead atoms. The minimum absolute atomic E-state index is 0.0971. The van der Waals surface area contributed by atoms with Gasteiger partial charge in [-0.05, 0) is 243 Å². The van der Waals surface area contributed by atoms with Gasteiger partial charge in [-0.15, -0.1) is 0 Å². The normalized spacial score (nSPS) is 22.3. The second-order valence-corrected chi connectivity index (χ2v) is 29.4. The molecule has 2 fully saturated rings. The summed E-state index contributed by atoms with van der Waals surface area (Å²) in [6, 6.07) is 45.1. The van der Waals surface area contributed by atoms with Crippen LogP contribution in [0.25, 0.3) is 10.8 Å². The van der Waals surface area contributed by atoms with E-state index in [9.17, 15) is 29.7 Å². The van der Waals surface area contributed by atoms with Gasteiger partial charge in [0.05, 0.1) is 15.1 Å². The fraction of sp³-hybridized carbons (Fsp3) is 0.388. The Morgan fingerprint density at radius 1 is 0.438 bits per heavy atom. The topological polar surface area (TPSA) is 152 Å². The van der Waals surface area contributed by atoms with Gasteiger partial charge in [-0.3, -0.25) is 14.4 Å². The Bertz CT molecular complexity index is 4310. The van der Waals surface area contributed by atoms with E-state index in [1.807, 2.05) is 108 Å². The summed E-state index contributed by atoms with van der Waals surface area (Å²) in [5, 5.41) is 40.8. The lowest BCUT2D eigenvalue weighted by Crippen LogP contribution is -2.47. The van der Waals surface area contributed by atoms with Crippen molar-refractivity contribution in [2.45, 2.75) is 119 Å². The van der Waals surface area contributed by atoms with Crippen LogP contribution in [0.15, 0.2) is 133 Å². The summed E-state index contributed by atoms with van der Waals surface area (Å²) >= 11 is 18.8. The number of aromatic hydroxyl groups is 3. The van der Waals surface area contributed by atoms with Crippen molar-refractivity contribution in [3.63, 3.8) is 0 Å². The Kier molecular flexibility index (Phi) is 19.1. The number of benzene rings is 8. The van der Waals surface area contributed by atoms with Gasteiger partial charge in [0, 0.05) is 110 Å². The molecule has 8 aliphatic rings. The third kappa shape index (κ3) is 12.9. The number of fused-ring (bicyclic) bond motifs is 16. The van der Waals surface area contributed by atoms with Crippen LogP contribution in [0.3, 0.4) is 0 Å². The molecular formula is C80H86Cl3N7O6. The third-order valence-electron chi connectivity index (χ3n) is 22.6. The number of piperazine rings is 1. The van der Waals surface area contributed by atoms with Gasteiger partial charge >= 0.3 is 0 Å².